The molecule has 1 heterocycles. The number of aryl methyl sites for hydroxylation is 1. The molecule has 0 atom stereocenters. The van der Waals surface area contributed by atoms with Crippen LogP contribution in [-0.4, -0.2) is 18.9 Å². The predicted molar refractivity (Wildman–Crippen MR) is 50.4 cm³/mol. The highest BCUT2D eigenvalue weighted by atomic mass is 35.5. The summed E-state index contributed by atoms with van der Waals surface area (Å²) in [5.41, 5.74) is 0.791. The molecule has 0 unspecified atom stereocenters. The van der Waals surface area contributed by atoms with Gasteiger partial charge in [0.2, 0.25) is 0 Å². The topological polar surface area (TPSA) is 43.4 Å². The summed E-state index contributed by atoms with van der Waals surface area (Å²) in [6, 6.07) is 0. The molecule has 0 aliphatic carbocycles. The molecule has 0 N–H and O–H groups in total. The summed E-state index contributed by atoms with van der Waals surface area (Å²) in [4.78, 5) is 22.4. The number of Topliss-reactive ketones (excluding diaryl/α,β-unsaturated/α-hetero) is 1. The van der Waals surface area contributed by atoms with Crippen LogP contribution < -0.4 is 0 Å². The Morgan fingerprint density at radius 3 is 2.54 bits per heavy atom. The molecule has 0 aliphatic rings. The number of rotatable bonds is 2. The summed E-state index contributed by atoms with van der Waals surface area (Å²) in [6.07, 6.45) is 0. The van der Waals surface area contributed by atoms with Gasteiger partial charge in [0.1, 0.15) is 4.88 Å². The van der Waals surface area contributed by atoms with Crippen LogP contribution in [0.3, 0.4) is 0 Å². The fourth-order valence-corrected chi connectivity index (χ4v) is 1.97. The number of methoxy groups -OCH3 is 1. The second kappa shape index (κ2) is 3.89. The molecule has 5 heteroatoms. The summed E-state index contributed by atoms with van der Waals surface area (Å²) < 4.78 is 4.29. The Balaban J connectivity index is 3.02. The molecule has 0 aliphatic heterocycles. The summed E-state index contributed by atoms with van der Waals surface area (Å²) in [5.74, 6) is -1.57. The van der Waals surface area contributed by atoms with E-state index in [-0.39, 0.29) is 4.88 Å². The minimum atomic E-state index is -0.885. The highest BCUT2D eigenvalue weighted by molar-refractivity contribution is 7.13. The predicted octanol–water partition coefficient (Wildman–Crippen LogP) is 2.07. The molecule has 13 heavy (non-hydrogen) atoms. The fraction of sp³-hybridized carbons (Fsp3) is 0.250. The monoisotopic (exact) mass is 218 g/mol. The van der Waals surface area contributed by atoms with Crippen molar-refractivity contribution >= 4 is 34.7 Å². The van der Waals surface area contributed by atoms with E-state index in [2.05, 4.69) is 4.74 Å². The minimum absolute atomic E-state index is 0.242. The maximum absolute atomic E-state index is 11.3. The highest BCUT2D eigenvalue weighted by Gasteiger charge is 2.22. The maximum Gasteiger partial charge on any atom is 0.380 e. The Hall–Kier alpha value is -0.870. The summed E-state index contributed by atoms with van der Waals surface area (Å²) in [6.45, 7) is 1.77. The second-order valence-electron chi connectivity index (χ2n) is 2.38. The van der Waals surface area contributed by atoms with Crippen LogP contribution in [0.1, 0.15) is 15.2 Å². The fourth-order valence-electron chi connectivity index (χ4n) is 0.768. The van der Waals surface area contributed by atoms with Crippen molar-refractivity contribution in [2.45, 2.75) is 6.92 Å². The lowest BCUT2D eigenvalue weighted by molar-refractivity contribution is -0.135. The lowest BCUT2D eigenvalue weighted by atomic mass is 10.3. The minimum Gasteiger partial charge on any atom is -0.463 e. The Bertz CT molecular complexity index is 356. The number of esters is 1. The van der Waals surface area contributed by atoms with Crippen LogP contribution in [0.25, 0.3) is 0 Å². The largest absolute Gasteiger partial charge is 0.463 e. The van der Waals surface area contributed by atoms with E-state index in [1.54, 1.807) is 12.3 Å². The Morgan fingerprint density at radius 1 is 1.54 bits per heavy atom. The molecule has 0 saturated heterocycles. The van der Waals surface area contributed by atoms with Gasteiger partial charge in [-0.25, -0.2) is 4.79 Å². The van der Waals surface area contributed by atoms with Crippen LogP contribution >= 0.6 is 22.9 Å². The zero-order valence-electron chi connectivity index (χ0n) is 7.09. The smallest absolute Gasteiger partial charge is 0.380 e. The summed E-state index contributed by atoms with van der Waals surface area (Å²) >= 11 is 6.93. The van der Waals surface area contributed by atoms with Crippen molar-refractivity contribution in [2.75, 3.05) is 7.11 Å². The van der Waals surface area contributed by atoms with E-state index in [4.69, 9.17) is 11.6 Å². The van der Waals surface area contributed by atoms with Crippen LogP contribution in [0.15, 0.2) is 5.38 Å². The zero-order valence-corrected chi connectivity index (χ0v) is 8.66. The zero-order chi connectivity index (χ0) is 10.0. The van der Waals surface area contributed by atoms with Gasteiger partial charge in [-0.15, -0.1) is 11.3 Å². The summed E-state index contributed by atoms with van der Waals surface area (Å²) in [5, 5.41) is 2.05. The van der Waals surface area contributed by atoms with Gasteiger partial charge in [0.05, 0.1) is 12.1 Å². The van der Waals surface area contributed by atoms with E-state index >= 15 is 0 Å². The van der Waals surface area contributed by atoms with Gasteiger partial charge in [-0.05, 0) is 17.9 Å². The van der Waals surface area contributed by atoms with Gasteiger partial charge in [-0.2, -0.15) is 0 Å². The molecule has 1 aromatic rings. The first kappa shape index (κ1) is 10.2. The van der Waals surface area contributed by atoms with Crippen LogP contribution in [-0.2, 0) is 9.53 Å². The van der Waals surface area contributed by atoms with E-state index < -0.39 is 11.8 Å². The van der Waals surface area contributed by atoms with Crippen molar-refractivity contribution in [1.29, 1.82) is 0 Å². The standard InChI is InChI=1S/C8H7ClO3S/c1-4-3-13-7(5(4)9)6(10)8(11)12-2/h3H,1-2H3. The first-order valence-corrected chi connectivity index (χ1v) is 4.70. The quantitative estimate of drug-likeness (QED) is 0.434. The van der Waals surface area contributed by atoms with Crippen LogP contribution in [0, 0.1) is 6.92 Å². The number of hydrogen-bond acceptors (Lipinski definition) is 4. The third-order valence-electron chi connectivity index (χ3n) is 1.48. The third kappa shape index (κ3) is 1.89. The molecule has 0 radical (unpaired) electrons. The second-order valence-corrected chi connectivity index (χ2v) is 3.64. The van der Waals surface area contributed by atoms with Gasteiger partial charge in [0.25, 0.3) is 5.78 Å². The molecule has 0 amide bonds. The van der Waals surface area contributed by atoms with Crippen LogP contribution in [0.5, 0.6) is 0 Å². The summed E-state index contributed by atoms with van der Waals surface area (Å²) in [7, 11) is 1.16. The van der Waals surface area contributed by atoms with Crippen LogP contribution in [0.2, 0.25) is 5.02 Å². The highest BCUT2D eigenvalue weighted by Crippen LogP contribution is 2.27. The van der Waals surface area contributed by atoms with Crippen molar-refractivity contribution in [2.24, 2.45) is 0 Å². The number of ether oxygens (including phenoxy) is 1. The normalized spacial score (nSPS) is 9.77. The van der Waals surface area contributed by atoms with Gasteiger partial charge >= 0.3 is 5.97 Å². The molecule has 70 valence electrons. The van der Waals surface area contributed by atoms with Crippen molar-refractivity contribution in [1.82, 2.24) is 0 Å². The number of hydrogen-bond donors (Lipinski definition) is 0. The van der Waals surface area contributed by atoms with Crippen molar-refractivity contribution < 1.29 is 14.3 Å². The first-order chi connectivity index (χ1) is 6.07. The molecular formula is C8H7ClO3S. The number of thiophene rings is 1. The Labute approximate surface area is 84.3 Å². The number of carbonyl (C=O) groups is 2. The van der Waals surface area contributed by atoms with Gasteiger partial charge in [-0.3, -0.25) is 4.79 Å². The van der Waals surface area contributed by atoms with Gasteiger partial charge in [-0.1, -0.05) is 11.6 Å². The van der Waals surface area contributed by atoms with E-state index in [1.807, 2.05) is 0 Å². The number of halogens is 1. The first-order valence-electron chi connectivity index (χ1n) is 3.44. The molecule has 0 saturated carbocycles. The molecule has 1 aromatic heterocycles. The van der Waals surface area contributed by atoms with E-state index in [1.165, 1.54) is 0 Å². The lowest BCUT2D eigenvalue weighted by Crippen LogP contribution is -2.14. The van der Waals surface area contributed by atoms with Crippen molar-refractivity contribution in [3.63, 3.8) is 0 Å². The van der Waals surface area contributed by atoms with Crippen molar-refractivity contribution in [3.05, 3.63) is 20.8 Å². The van der Waals surface area contributed by atoms with Gasteiger partial charge in [0.15, 0.2) is 0 Å². The number of ketones is 1. The SMILES string of the molecule is COC(=O)C(=O)c1scc(C)c1Cl. The lowest BCUT2D eigenvalue weighted by Gasteiger charge is -1.95. The Kier molecular flexibility index (Phi) is 3.06. The molecule has 0 bridgehead atoms. The average Bonchev–Trinajstić information content (AvgIpc) is 2.45. The molecule has 0 fully saturated rings. The third-order valence-corrected chi connectivity index (χ3v) is 3.17. The molecule has 0 aromatic carbocycles. The molecule has 0 spiro atoms. The number of carbonyl (C=O) groups excluding carboxylic acids is 2. The molecular weight excluding hydrogens is 212 g/mol. The Morgan fingerprint density at radius 2 is 2.15 bits per heavy atom. The van der Waals surface area contributed by atoms with E-state index in [0.717, 1.165) is 24.0 Å². The average molecular weight is 219 g/mol. The maximum atomic E-state index is 11.3. The molecule has 1 rings (SSSR count). The van der Waals surface area contributed by atoms with Crippen molar-refractivity contribution in [3.8, 4) is 0 Å². The van der Waals surface area contributed by atoms with E-state index in [0.29, 0.717) is 5.02 Å². The molecule has 3 nitrogen and oxygen atoms in total. The van der Waals surface area contributed by atoms with Gasteiger partial charge in [0, 0.05) is 0 Å². The van der Waals surface area contributed by atoms with Crippen LogP contribution in [0.4, 0.5) is 0 Å². The van der Waals surface area contributed by atoms with Gasteiger partial charge < -0.3 is 4.74 Å². The van der Waals surface area contributed by atoms with E-state index in [9.17, 15) is 9.59 Å².